The van der Waals surface area contributed by atoms with Crippen molar-refractivity contribution in [2.75, 3.05) is 0 Å². The molecule has 1 aromatic rings. The molecule has 0 bridgehead atoms. The molecular formula is C16H18N2O4. The van der Waals surface area contributed by atoms with Crippen molar-refractivity contribution in [1.29, 1.82) is 0 Å². The van der Waals surface area contributed by atoms with Crippen LogP contribution in [0.3, 0.4) is 0 Å². The van der Waals surface area contributed by atoms with Crippen LogP contribution in [0.5, 0.6) is 0 Å². The highest BCUT2D eigenvalue weighted by molar-refractivity contribution is 6.07. The molecular weight excluding hydrogens is 284 g/mol. The fraction of sp³-hybridized carbons (Fsp3) is 0.375. The van der Waals surface area contributed by atoms with Gasteiger partial charge in [-0.3, -0.25) is 24.5 Å². The molecule has 3 amide bonds. The minimum atomic E-state index is -1.16. The van der Waals surface area contributed by atoms with Crippen LogP contribution in [-0.4, -0.2) is 29.5 Å². The molecule has 1 aromatic carbocycles. The minimum Gasteiger partial charge on any atom is -0.338 e. The van der Waals surface area contributed by atoms with Crippen LogP contribution in [-0.2, 0) is 16.0 Å². The maximum Gasteiger partial charge on any atom is 0.252 e. The lowest BCUT2D eigenvalue weighted by atomic mass is 9.90. The highest BCUT2D eigenvalue weighted by atomic mass is 16.2. The van der Waals surface area contributed by atoms with E-state index in [9.17, 15) is 19.2 Å². The quantitative estimate of drug-likeness (QED) is 0.641. The first-order valence-corrected chi connectivity index (χ1v) is 7.14. The Morgan fingerprint density at radius 2 is 2.14 bits per heavy atom. The summed E-state index contributed by atoms with van der Waals surface area (Å²) in [6.45, 7) is 3.52. The highest BCUT2D eigenvalue weighted by Gasteiger charge is 2.40. The Kier molecular flexibility index (Phi) is 4.40. The van der Waals surface area contributed by atoms with Gasteiger partial charge in [0.05, 0.1) is 0 Å². The van der Waals surface area contributed by atoms with Crippen molar-refractivity contribution in [3.8, 4) is 0 Å². The third kappa shape index (κ3) is 3.05. The van der Waals surface area contributed by atoms with E-state index >= 15 is 0 Å². The second kappa shape index (κ2) is 6.09. The Morgan fingerprint density at radius 3 is 2.73 bits per heavy atom. The van der Waals surface area contributed by atoms with Gasteiger partial charge in [0.1, 0.15) is 5.54 Å². The van der Waals surface area contributed by atoms with Gasteiger partial charge in [0.15, 0.2) is 6.29 Å². The topological polar surface area (TPSA) is 92.3 Å². The number of benzene rings is 1. The number of amides is 3. The third-order valence-electron chi connectivity index (χ3n) is 3.89. The third-order valence-corrected chi connectivity index (χ3v) is 3.89. The summed E-state index contributed by atoms with van der Waals surface area (Å²) in [5.74, 6) is -1.38. The first-order valence-electron chi connectivity index (χ1n) is 7.14. The van der Waals surface area contributed by atoms with Crippen LogP contribution in [0.25, 0.3) is 0 Å². The van der Waals surface area contributed by atoms with Crippen molar-refractivity contribution in [1.82, 2.24) is 10.6 Å². The van der Waals surface area contributed by atoms with Crippen LogP contribution in [0.2, 0.25) is 0 Å². The van der Waals surface area contributed by atoms with Crippen molar-refractivity contribution in [2.45, 2.75) is 38.6 Å². The van der Waals surface area contributed by atoms with Crippen LogP contribution in [0.15, 0.2) is 18.2 Å². The average Bonchev–Trinajstić information content (AvgIpc) is 2.51. The first-order chi connectivity index (χ1) is 10.4. The predicted octanol–water partition coefficient (Wildman–Crippen LogP) is 0.987. The SMILES string of the molecule is CCc1ccc(C(=O)N[C@@]2(C)CCC(=O)NC2=O)c(C=O)c1. The Labute approximate surface area is 128 Å². The van der Waals surface area contributed by atoms with Gasteiger partial charge in [-0.2, -0.15) is 0 Å². The molecule has 0 radical (unpaired) electrons. The van der Waals surface area contributed by atoms with E-state index in [0.717, 1.165) is 12.0 Å². The lowest BCUT2D eigenvalue weighted by Crippen LogP contribution is -2.61. The monoisotopic (exact) mass is 302 g/mol. The van der Waals surface area contributed by atoms with Gasteiger partial charge in [-0.25, -0.2) is 0 Å². The summed E-state index contributed by atoms with van der Waals surface area (Å²) in [6, 6.07) is 5.01. The zero-order chi connectivity index (χ0) is 16.3. The number of carbonyl (C=O) groups excluding carboxylic acids is 4. The molecule has 0 aromatic heterocycles. The zero-order valence-corrected chi connectivity index (χ0v) is 12.6. The molecule has 1 fully saturated rings. The molecule has 1 aliphatic heterocycles. The van der Waals surface area contributed by atoms with Gasteiger partial charge in [-0.05, 0) is 37.5 Å². The zero-order valence-electron chi connectivity index (χ0n) is 12.6. The van der Waals surface area contributed by atoms with Crippen molar-refractivity contribution >= 4 is 24.0 Å². The molecule has 1 aliphatic rings. The maximum absolute atomic E-state index is 12.4. The Morgan fingerprint density at radius 1 is 1.41 bits per heavy atom. The van der Waals surface area contributed by atoms with Gasteiger partial charge in [0, 0.05) is 17.5 Å². The molecule has 116 valence electrons. The number of hydrogen-bond donors (Lipinski definition) is 2. The van der Waals surface area contributed by atoms with Crippen molar-refractivity contribution in [2.24, 2.45) is 0 Å². The Hall–Kier alpha value is -2.50. The van der Waals surface area contributed by atoms with Crippen molar-refractivity contribution < 1.29 is 19.2 Å². The summed E-state index contributed by atoms with van der Waals surface area (Å²) >= 11 is 0. The molecule has 6 heteroatoms. The summed E-state index contributed by atoms with van der Waals surface area (Å²) in [4.78, 5) is 46.7. The number of hydrogen-bond acceptors (Lipinski definition) is 4. The molecule has 6 nitrogen and oxygen atoms in total. The number of aldehydes is 1. The number of carbonyl (C=O) groups is 4. The second-order valence-electron chi connectivity index (χ2n) is 5.56. The largest absolute Gasteiger partial charge is 0.338 e. The van der Waals surface area contributed by atoms with Crippen LogP contribution in [0.4, 0.5) is 0 Å². The summed E-state index contributed by atoms with van der Waals surface area (Å²) in [5.41, 5.74) is 0.297. The summed E-state index contributed by atoms with van der Waals surface area (Å²) in [5, 5.41) is 4.84. The van der Waals surface area contributed by atoms with E-state index in [0.29, 0.717) is 6.29 Å². The fourth-order valence-electron chi connectivity index (χ4n) is 2.38. The normalized spacial score (nSPS) is 21.2. The number of nitrogens with one attached hydrogen (secondary N) is 2. The molecule has 22 heavy (non-hydrogen) atoms. The smallest absolute Gasteiger partial charge is 0.252 e. The average molecular weight is 302 g/mol. The number of aryl methyl sites for hydroxylation is 1. The molecule has 0 aliphatic carbocycles. The summed E-state index contributed by atoms with van der Waals surface area (Å²) < 4.78 is 0. The molecule has 1 saturated heterocycles. The highest BCUT2D eigenvalue weighted by Crippen LogP contribution is 2.19. The van der Waals surface area contributed by atoms with E-state index in [1.165, 1.54) is 0 Å². The standard InChI is InChI=1S/C16H18N2O4/c1-3-10-4-5-12(11(8-10)9-19)14(21)18-16(2)7-6-13(20)17-15(16)22/h4-5,8-9H,3,6-7H2,1-2H3,(H,18,21)(H,17,20,22)/t16-/m0/s1. The molecule has 2 rings (SSSR count). The molecule has 0 unspecified atom stereocenters. The van der Waals surface area contributed by atoms with Crippen molar-refractivity contribution in [3.63, 3.8) is 0 Å². The van der Waals surface area contributed by atoms with Gasteiger partial charge >= 0.3 is 0 Å². The van der Waals surface area contributed by atoms with Crippen molar-refractivity contribution in [3.05, 3.63) is 34.9 Å². The van der Waals surface area contributed by atoms with E-state index in [4.69, 9.17) is 0 Å². The van der Waals surface area contributed by atoms with Gasteiger partial charge < -0.3 is 5.32 Å². The second-order valence-corrected chi connectivity index (χ2v) is 5.56. The summed E-state index contributed by atoms with van der Waals surface area (Å²) in [6.07, 6.45) is 1.77. The number of piperidine rings is 1. The minimum absolute atomic E-state index is 0.165. The predicted molar refractivity (Wildman–Crippen MR) is 79.5 cm³/mol. The van der Waals surface area contributed by atoms with E-state index in [2.05, 4.69) is 10.6 Å². The van der Waals surface area contributed by atoms with E-state index in [1.807, 2.05) is 6.92 Å². The number of imide groups is 1. The molecule has 0 saturated carbocycles. The van der Waals surface area contributed by atoms with E-state index in [-0.39, 0.29) is 29.9 Å². The Bertz CT molecular complexity index is 654. The van der Waals surface area contributed by atoms with Crippen LogP contribution in [0.1, 0.15) is 53.0 Å². The fourth-order valence-corrected chi connectivity index (χ4v) is 2.38. The van der Waals surface area contributed by atoms with E-state index in [1.54, 1.807) is 25.1 Å². The van der Waals surface area contributed by atoms with Gasteiger partial charge in [0.25, 0.3) is 11.8 Å². The van der Waals surface area contributed by atoms with Crippen LogP contribution >= 0.6 is 0 Å². The number of rotatable bonds is 4. The summed E-state index contributed by atoms with van der Waals surface area (Å²) in [7, 11) is 0. The molecule has 1 heterocycles. The molecule has 1 atom stereocenters. The van der Waals surface area contributed by atoms with Gasteiger partial charge in [-0.1, -0.05) is 13.0 Å². The van der Waals surface area contributed by atoms with E-state index < -0.39 is 17.4 Å². The van der Waals surface area contributed by atoms with Gasteiger partial charge in [0.2, 0.25) is 5.91 Å². The molecule has 0 spiro atoms. The van der Waals surface area contributed by atoms with Crippen LogP contribution in [0, 0.1) is 0 Å². The van der Waals surface area contributed by atoms with Crippen LogP contribution < -0.4 is 10.6 Å². The maximum atomic E-state index is 12.4. The lowest BCUT2D eigenvalue weighted by Gasteiger charge is -2.32. The molecule has 2 N–H and O–H groups in total. The first kappa shape index (κ1) is 15.9. The van der Waals surface area contributed by atoms with Gasteiger partial charge in [-0.15, -0.1) is 0 Å². The lowest BCUT2D eigenvalue weighted by molar-refractivity contribution is -0.137. The Balaban J connectivity index is 2.24.